The number of nitrogens with two attached hydrogens (primary N) is 1. The first-order chi connectivity index (χ1) is 9.10. The van der Waals surface area contributed by atoms with Gasteiger partial charge in [0.2, 0.25) is 5.78 Å². The van der Waals surface area contributed by atoms with Gasteiger partial charge in [0.05, 0.1) is 0 Å². The van der Waals surface area contributed by atoms with Gasteiger partial charge < -0.3 is 5.73 Å². The lowest BCUT2D eigenvalue weighted by atomic mass is 10.1. The number of nitrogens with zero attached hydrogens (tertiary/aromatic N) is 4. The van der Waals surface area contributed by atoms with E-state index in [1.165, 1.54) is 6.34 Å². The molecule has 0 bridgehead atoms. The van der Waals surface area contributed by atoms with Crippen LogP contribution in [0.5, 0.6) is 0 Å². The fourth-order valence-corrected chi connectivity index (χ4v) is 2.06. The molecule has 6 nitrogen and oxygen atoms in total. The van der Waals surface area contributed by atoms with Crippen molar-refractivity contribution in [1.29, 1.82) is 0 Å². The molecule has 0 radical (unpaired) electrons. The smallest absolute Gasteiger partial charge is 0.294 e. The van der Waals surface area contributed by atoms with Crippen LogP contribution in [0.25, 0.3) is 0 Å². The van der Waals surface area contributed by atoms with Gasteiger partial charge in [0.15, 0.2) is 17.4 Å². The van der Waals surface area contributed by atoms with Gasteiger partial charge in [0.1, 0.15) is 6.34 Å². The summed E-state index contributed by atoms with van der Waals surface area (Å²) in [5, 5.41) is -1.80. The summed E-state index contributed by atoms with van der Waals surface area (Å²) in [7, 11) is 0. The van der Waals surface area contributed by atoms with Crippen molar-refractivity contribution in [1.82, 2.24) is 0 Å². The number of amidine groups is 2. The van der Waals surface area contributed by atoms with Crippen molar-refractivity contribution in [2.75, 3.05) is 0 Å². The number of hydrogen-bond donors (Lipinski definition) is 1. The molecule has 0 amide bonds. The molecule has 0 aromatic heterocycles. The Bertz CT molecular complexity index is 677. The van der Waals surface area contributed by atoms with E-state index in [2.05, 4.69) is 20.0 Å². The second-order valence-corrected chi connectivity index (χ2v) is 4.46. The predicted molar refractivity (Wildman–Crippen MR) is 74.3 cm³/mol. The molecule has 1 unspecified atom stereocenters. The lowest BCUT2D eigenvalue weighted by Gasteiger charge is -2.21. The molecule has 2 aliphatic rings. The summed E-state index contributed by atoms with van der Waals surface area (Å²) in [6.45, 7) is 0. The molecule has 3 rings (SSSR count). The molecule has 0 fully saturated rings. The zero-order valence-electron chi connectivity index (χ0n) is 9.62. The SMILES string of the molecule is NC1=NC(Cl)(C(=O)c2ccccc2)N=C2N=CN=C12. The van der Waals surface area contributed by atoms with E-state index < -0.39 is 10.9 Å². The highest BCUT2D eigenvalue weighted by Crippen LogP contribution is 2.28. The highest BCUT2D eigenvalue weighted by molar-refractivity contribution is 6.71. The summed E-state index contributed by atoms with van der Waals surface area (Å²) in [6, 6.07) is 8.54. The highest BCUT2D eigenvalue weighted by Gasteiger charge is 2.41. The predicted octanol–water partition coefficient (Wildman–Crippen LogP) is 1.01. The van der Waals surface area contributed by atoms with E-state index >= 15 is 0 Å². The summed E-state index contributed by atoms with van der Waals surface area (Å²) in [5.74, 6) is -0.167. The van der Waals surface area contributed by atoms with Crippen LogP contribution in [0.15, 0.2) is 50.3 Å². The van der Waals surface area contributed by atoms with Crippen LogP contribution in [0.4, 0.5) is 0 Å². The van der Waals surface area contributed by atoms with Crippen molar-refractivity contribution in [3.8, 4) is 0 Å². The number of alkyl halides is 1. The Labute approximate surface area is 113 Å². The quantitative estimate of drug-likeness (QED) is 0.495. The Morgan fingerprint density at radius 1 is 1.21 bits per heavy atom. The summed E-state index contributed by atoms with van der Waals surface area (Å²) < 4.78 is 0. The third-order valence-electron chi connectivity index (χ3n) is 2.67. The maximum absolute atomic E-state index is 12.4. The molecule has 7 heteroatoms. The Hall–Kier alpha value is -2.34. The Morgan fingerprint density at radius 2 is 1.95 bits per heavy atom. The first-order valence-electron chi connectivity index (χ1n) is 5.45. The normalized spacial score (nSPS) is 24.4. The maximum atomic E-state index is 12.4. The van der Waals surface area contributed by atoms with Crippen LogP contribution < -0.4 is 5.73 Å². The molecule has 0 saturated heterocycles. The van der Waals surface area contributed by atoms with Crippen molar-refractivity contribution >= 4 is 41.1 Å². The third-order valence-corrected chi connectivity index (χ3v) is 3.01. The zero-order valence-corrected chi connectivity index (χ0v) is 10.4. The Balaban J connectivity index is 2.05. The van der Waals surface area contributed by atoms with Crippen LogP contribution in [-0.2, 0) is 0 Å². The van der Waals surface area contributed by atoms with Crippen molar-refractivity contribution in [2.24, 2.45) is 25.7 Å². The first kappa shape index (κ1) is 11.7. The van der Waals surface area contributed by atoms with Crippen LogP contribution in [0, 0.1) is 0 Å². The lowest BCUT2D eigenvalue weighted by Crippen LogP contribution is -2.42. The van der Waals surface area contributed by atoms with Gasteiger partial charge in [-0.15, -0.1) is 0 Å². The summed E-state index contributed by atoms with van der Waals surface area (Å²) in [5.41, 5.74) is 6.48. The molecule has 0 spiro atoms. The topological polar surface area (TPSA) is 92.5 Å². The number of aliphatic imine (C=N–C) groups is 4. The van der Waals surface area contributed by atoms with E-state index in [9.17, 15) is 4.79 Å². The van der Waals surface area contributed by atoms with Gasteiger partial charge in [-0.3, -0.25) is 4.79 Å². The second-order valence-electron chi connectivity index (χ2n) is 3.94. The van der Waals surface area contributed by atoms with E-state index in [0.29, 0.717) is 11.3 Å². The highest BCUT2D eigenvalue weighted by atomic mass is 35.5. The minimum Gasteiger partial charge on any atom is -0.382 e. The van der Waals surface area contributed by atoms with Crippen LogP contribution in [0.3, 0.4) is 0 Å². The number of Topliss-reactive ketones (excluding diaryl/α,β-unsaturated/α-hetero) is 1. The standard InChI is InChI=1S/C12H8ClN5O/c13-12(9(19)7-4-2-1-3-5-7)17-10(14)8-11(18-12)16-6-15-8/h1-6H,(H2,14,17). The Kier molecular flexibility index (Phi) is 2.53. The fraction of sp³-hybridized carbons (Fsp3) is 0.0833. The van der Waals surface area contributed by atoms with Gasteiger partial charge in [-0.1, -0.05) is 41.9 Å². The van der Waals surface area contributed by atoms with Gasteiger partial charge >= 0.3 is 0 Å². The second kappa shape index (κ2) is 4.10. The van der Waals surface area contributed by atoms with Crippen molar-refractivity contribution in [3.05, 3.63) is 35.9 Å². The third kappa shape index (κ3) is 1.86. The Morgan fingerprint density at radius 3 is 2.68 bits per heavy atom. The van der Waals surface area contributed by atoms with Gasteiger partial charge in [0, 0.05) is 5.56 Å². The van der Waals surface area contributed by atoms with Gasteiger partial charge in [-0.25, -0.2) is 20.0 Å². The van der Waals surface area contributed by atoms with E-state index in [1.807, 2.05) is 0 Å². The van der Waals surface area contributed by atoms with Crippen LogP contribution in [-0.4, -0.2) is 34.6 Å². The lowest BCUT2D eigenvalue weighted by molar-refractivity contribution is 0.0945. The van der Waals surface area contributed by atoms with Crippen LogP contribution in [0.1, 0.15) is 10.4 Å². The molecule has 1 aromatic carbocycles. The number of benzene rings is 1. The van der Waals surface area contributed by atoms with Gasteiger partial charge in [-0.2, -0.15) is 0 Å². The molecular formula is C12H8ClN5O. The number of carbonyl (C=O) groups is 1. The molecular weight excluding hydrogens is 266 g/mol. The largest absolute Gasteiger partial charge is 0.382 e. The summed E-state index contributed by atoms with van der Waals surface area (Å²) in [6.07, 6.45) is 1.30. The number of carbonyl (C=O) groups excluding carboxylic acids is 1. The molecule has 0 aliphatic carbocycles. The van der Waals surface area contributed by atoms with Crippen molar-refractivity contribution in [2.45, 2.75) is 5.12 Å². The number of ketones is 1. The fourth-order valence-electron chi connectivity index (χ4n) is 1.78. The molecule has 2 aliphatic heterocycles. The van der Waals surface area contributed by atoms with E-state index in [1.54, 1.807) is 30.3 Å². The first-order valence-corrected chi connectivity index (χ1v) is 5.83. The molecule has 19 heavy (non-hydrogen) atoms. The van der Waals surface area contributed by atoms with Crippen molar-refractivity contribution < 1.29 is 4.79 Å². The van der Waals surface area contributed by atoms with Gasteiger partial charge in [-0.05, 0) is 0 Å². The van der Waals surface area contributed by atoms with E-state index in [-0.39, 0.29) is 11.7 Å². The molecule has 1 atom stereocenters. The number of hydrogen-bond acceptors (Lipinski definition) is 6. The minimum atomic E-state index is -1.80. The monoisotopic (exact) mass is 273 g/mol. The summed E-state index contributed by atoms with van der Waals surface area (Å²) >= 11 is 6.19. The van der Waals surface area contributed by atoms with E-state index in [0.717, 1.165) is 0 Å². The number of halogens is 1. The summed E-state index contributed by atoms with van der Waals surface area (Å²) in [4.78, 5) is 28.2. The average molecular weight is 274 g/mol. The van der Waals surface area contributed by atoms with Crippen LogP contribution in [0.2, 0.25) is 0 Å². The molecule has 0 saturated carbocycles. The molecule has 2 heterocycles. The molecule has 2 N–H and O–H groups in total. The molecule has 94 valence electrons. The zero-order chi connectivity index (χ0) is 13.5. The van der Waals surface area contributed by atoms with Crippen molar-refractivity contribution in [3.63, 3.8) is 0 Å². The number of fused-ring (bicyclic) bond motifs is 1. The van der Waals surface area contributed by atoms with Gasteiger partial charge in [0.25, 0.3) is 5.12 Å². The minimum absolute atomic E-state index is 0.0572. The number of rotatable bonds is 2. The maximum Gasteiger partial charge on any atom is 0.294 e. The van der Waals surface area contributed by atoms with E-state index in [4.69, 9.17) is 17.3 Å². The van der Waals surface area contributed by atoms with Crippen LogP contribution >= 0.6 is 11.6 Å². The molecule has 1 aromatic rings. The average Bonchev–Trinajstić information content (AvgIpc) is 2.87.